The molecular weight excluding hydrogens is 422 g/mol. The van der Waals surface area contributed by atoms with Crippen LogP contribution in [0.15, 0.2) is 53.9 Å². The number of aromatic nitrogens is 1. The Hall–Kier alpha value is -2.75. The Balaban J connectivity index is 1.74. The highest BCUT2D eigenvalue weighted by molar-refractivity contribution is 7.92. The molecule has 2 aromatic carbocycles. The summed E-state index contributed by atoms with van der Waals surface area (Å²) in [7, 11) is -2.24. The minimum absolute atomic E-state index is 0.264. The summed E-state index contributed by atoms with van der Waals surface area (Å²) in [5, 5.41) is 4.18. The van der Waals surface area contributed by atoms with Gasteiger partial charge in [-0.2, -0.15) is 4.72 Å². The first-order valence-electron chi connectivity index (χ1n) is 9.28. The summed E-state index contributed by atoms with van der Waals surface area (Å²) in [5.74, 6) is -0.0332. The lowest BCUT2D eigenvalue weighted by atomic mass is 10.1. The molecule has 1 amide bonds. The molecule has 3 rings (SSSR count). The number of thiazole rings is 1. The Bertz CT molecular complexity index is 1160. The Morgan fingerprint density at radius 1 is 1.17 bits per heavy atom. The number of hydrogen-bond donors (Lipinski definition) is 2. The van der Waals surface area contributed by atoms with Crippen molar-refractivity contribution in [2.75, 3.05) is 12.4 Å². The zero-order valence-corrected chi connectivity index (χ0v) is 18.5. The summed E-state index contributed by atoms with van der Waals surface area (Å²) >= 11 is 1.30. The molecule has 9 heteroatoms. The average Bonchev–Trinajstić information content (AvgIpc) is 3.12. The van der Waals surface area contributed by atoms with Crippen LogP contribution in [0, 0.1) is 5.92 Å². The van der Waals surface area contributed by atoms with Gasteiger partial charge in [0, 0.05) is 5.41 Å². The van der Waals surface area contributed by atoms with Gasteiger partial charge < -0.3 is 10.1 Å². The summed E-state index contributed by atoms with van der Waals surface area (Å²) < 4.78 is 33.5. The molecular formula is C21H23N3O4S2. The highest BCUT2D eigenvalue weighted by Crippen LogP contribution is 2.29. The summed E-state index contributed by atoms with van der Waals surface area (Å²) in [4.78, 5) is 17.2. The van der Waals surface area contributed by atoms with E-state index in [-0.39, 0.29) is 5.92 Å². The molecule has 0 aliphatic heterocycles. The number of ether oxygens (including phenoxy) is 1. The predicted molar refractivity (Wildman–Crippen MR) is 121 cm³/mol. The van der Waals surface area contributed by atoms with Crippen molar-refractivity contribution in [3.05, 3.63) is 59.5 Å². The van der Waals surface area contributed by atoms with Gasteiger partial charge in [0.05, 0.1) is 17.3 Å². The molecule has 0 saturated carbocycles. The van der Waals surface area contributed by atoms with Gasteiger partial charge in [-0.15, -0.1) is 0 Å². The minimum Gasteiger partial charge on any atom is -0.497 e. The largest absolute Gasteiger partial charge is 0.497 e. The van der Waals surface area contributed by atoms with Crippen LogP contribution < -0.4 is 14.8 Å². The number of sulfonamides is 1. The SMILES string of the molecule is COc1ccc2nc(NC(=O)C(NS(=O)(=O)C=Cc3ccccc3)C(C)C)sc2c1. The van der Waals surface area contributed by atoms with Crippen molar-refractivity contribution in [3.63, 3.8) is 0 Å². The first kappa shape index (κ1) is 21.9. The summed E-state index contributed by atoms with van der Waals surface area (Å²) in [5.41, 5.74) is 1.47. The lowest BCUT2D eigenvalue weighted by Crippen LogP contribution is -2.46. The number of carbonyl (C=O) groups excluding carboxylic acids is 1. The smallest absolute Gasteiger partial charge is 0.244 e. The summed E-state index contributed by atoms with van der Waals surface area (Å²) in [6, 6.07) is 13.5. The third-order valence-corrected chi connectivity index (χ3v) is 6.32. The van der Waals surface area contributed by atoms with E-state index in [0.717, 1.165) is 21.2 Å². The molecule has 1 heterocycles. The third kappa shape index (κ3) is 5.65. The van der Waals surface area contributed by atoms with Gasteiger partial charge in [0.15, 0.2) is 5.13 Å². The first-order chi connectivity index (χ1) is 14.3. The molecule has 1 atom stereocenters. The Morgan fingerprint density at radius 2 is 1.90 bits per heavy atom. The number of carbonyl (C=O) groups is 1. The maximum atomic E-state index is 12.8. The van der Waals surface area contributed by atoms with Crippen LogP contribution in [0.3, 0.4) is 0 Å². The van der Waals surface area contributed by atoms with Gasteiger partial charge in [0.1, 0.15) is 11.8 Å². The van der Waals surface area contributed by atoms with E-state index in [1.807, 2.05) is 24.3 Å². The zero-order chi connectivity index (χ0) is 21.7. The zero-order valence-electron chi connectivity index (χ0n) is 16.8. The number of benzene rings is 2. The number of nitrogens with zero attached hydrogens (tertiary/aromatic N) is 1. The maximum Gasteiger partial charge on any atom is 0.244 e. The van der Waals surface area contributed by atoms with Gasteiger partial charge in [-0.1, -0.05) is 55.5 Å². The molecule has 1 unspecified atom stereocenters. The molecule has 2 N–H and O–H groups in total. The molecule has 158 valence electrons. The topological polar surface area (TPSA) is 97.4 Å². The second-order valence-electron chi connectivity index (χ2n) is 6.94. The van der Waals surface area contributed by atoms with Crippen LogP contribution >= 0.6 is 11.3 Å². The van der Waals surface area contributed by atoms with Crippen LogP contribution in [0.25, 0.3) is 16.3 Å². The van der Waals surface area contributed by atoms with Crippen LogP contribution in [-0.4, -0.2) is 32.5 Å². The van der Waals surface area contributed by atoms with E-state index >= 15 is 0 Å². The van der Waals surface area contributed by atoms with E-state index in [1.165, 1.54) is 17.4 Å². The van der Waals surface area contributed by atoms with Crippen LogP contribution in [0.1, 0.15) is 19.4 Å². The first-order valence-corrected chi connectivity index (χ1v) is 11.6. The fourth-order valence-electron chi connectivity index (χ4n) is 2.71. The van der Waals surface area contributed by atoms with E-state index in [0.29, 0.717) is 10.9 Å². The van der Waals surface area contributed by atoms with E-state index in [9.17, 15) is 13.2 Å². The van der Waals surface area contributed by atoms with E-state index in [2.05, 4.69) is 15.0 Å². The van der Waals surface area contributed by atoms with Gasteiger partial charge >= 0.3 is 0 Å². The van der Waals surface area contributed by atoms with E-state index in [1.54, 1.807) is 45.2 Å². The van der Waals surface area contributed by atoms with Gasteiger partial charge in [-0.05, 0) is 35.8 Å². The van der Waals surface area contributed by atoms with Crippen molar-refractivity contribution in [2.45, 2.75) is 19.9 Å². The van der Waals surface area contributed by atoms with Crippen LogP contribution in [-0.2, 0) is 14.8 Å². The lowest BCUT2D eigenvalue weighted by Gasteiger charge is -2.20. The predicted octanol–water partition coefficient (Wildman–Crippen LogP) is 3.86. The molecule has 30 heavy (non-hydrogen) atoms. The maximum absolute atomic E-state index is 12.8. The Kier molecular flexibility index (Phi) is 6.86. The van der Waals surface area contributed by atoms with Gasteiger partial charge in [-0.25, -0.2) is 13.4 Å². The molecule has 0 radical (unpaired) electrons. The molecule has 0 saturated heterocycles. The van der Waals surface area contributed by atoms with Crippen molar-refractivity contribution in [3.8, 4) is 5.75 Å². The lowest BCUT2D eigenvalue weighted by molar-refractivity contribution is -0.118. The van der Waals surface area contributed by atoms with Crippen LogP contribution in [0.2, 0.25) is 0 Å². The van der Waals surface area contributed by atoms with Crippen molar-refractivity contribution >= 4 is 48.7 Å². The fourth-order valence-corrected chi connectivity index (χ4v) is 4.75. The standard InChI is InChI=1S/C21H23N3O4S2/c1-14(2)19(24-30(26,27)12-11-15-7-5-4-6-8-15)20(25)23-21-22-17-10-9-16(28-3)13-18(17)29-21/h4-14,19,24H,1-3H3,(H,22,23,25). The molecule has 1 aromatic heterocycles. The number of rotatable bonds is 8. The quantitative estimate of drug-likeness (QED) is 0.549. The number of hydrogen-bond acceptors (Lipinski definition) is 6. The minimum atomic E-state index is -3.82. The highest BCUT2D eigenvalue weighted by Gasteiger charge is 2.27. The van der Waals surface area contributed by atoms with Gasteiger partial charge in [-0.3, -0.25) is 4.79 Å². The number of methoxy groups -OCH3 is 1. The third-order valence-electron chi connectivity index (χ3n) is 4.31. The van der Waals surface area contributed by atoms with Crippen molar-refractivity contribution in [1.82, 2.24) is 9.71 Å². The van der Waals surface area contributed by atoms with Gasteiger partial charge in [0.25, 0.3) is 0 Å². The van der Waals surface area contributed by atoms with Crippen LogP contribution in [0.4, 0.5) is 5.13 Å². The number of fused-ring (bicyclic) bond motifs is 1. The van der Waals surface area contributed by atoms with Crippen molar-refractivity contribution < 1.29 is 17.9 Å². The number of nitrogens with one attached hydrogen (secondary N) is 2. The Labute approximate surface area is 179 Å². The number of anilines is 1. The van der Waals surface area contributed by atoms with Crippen molar-refractivity contribution in [1.29, 1.82) is 0 Å². The number of amides is 1. The molecule has 0 aliphatic carbocycles. The summed E-state index contributed by atoms with van der Waals surface area (Å²) in [6.45, 7) is 3.55. The van der Waals surface area contributed by atoms with E-state index < -0.39 is 22.0 Å². The normalized spacial score (nSPS) is 13.1. The Morgan fingerprint density at radius 3 is 2.57 bits per heavy atom. The highest BCUT2D eigenvalue weighted by atomic mass is 32.2. The summed E-state index contributed by atoms with van der Waals surface area (Å²) in [6.07, 6.45) is 1.48. The second-order valence-corrected chi connectivity index (χ2v) is 9.57. The monoisotopic (exact) mass is 445 g/mol. The van der Waals surface area contributed by atoms with Gasteiger partial charge in [0.2, 0.25) is 15.9 Å². The second kappa shape index (κ2) is 9.38. The molecule has 0 spiro atoms. The fraction of sp³-hybridized carbons (Fsp3) is 0.238. The van der Waals surface area contributed by atoms with Crippen molar-refractivity contribution in [2.24, 2.45) is 5.92 Å². The molecule has 0 bridgehead atoms. The molecule has 0 fully saturated rings. The molecule has 3 aromatic rings. The molecule has 7 nitrogen and oxygen atoms in total. The molecule has 0 aliphatic rings. The van der Waals surface area contributed by atoms with E-state index in [4.69, 9.17) is 4.74 Å². The van der Waals surface area contributed by atoms with Crippen LogP contribution in [0.5, 0.6) is 5.75 Å². The average molecular weight is 446 g/mol.